The summed E-state index contributed by atoms with van der Waals surface area (Å²) in [5, 5.41) is 8.45. The third-order valence-electron chi connectivity index (χ3n) is 5.81. The van der Waals surface area contributed by atoms with Crippen LogP contribution in [-0.2, 0) is 29.3 Å². The van der Waals surface area contributed by atoms with Crippen molar-refractivity contribution in [3.63, 3.8) is 0 Å². The van der Waals surface area contributed by atoms with Gasteiger partial charge in [-0.1, -0.05) is 12.1 Å². The van der Waals surface area contributed by atoms with Gasteiger partial charge in [0.2, 0.25) is 0 Å². The monoisotopic (exact) mass is 519 g/mol. The summed E-state index contributed by atoms with van der Waals surface area (Å²) in [6, 6.07) is 5.46. The Bertz CT molecular complexity index is 1310. The van der Waals surface area contributed by atoms with Crippen LogP contribution in [0.2, 0.25) is 0 Å². The predicted octanol–water partition coefficient (Wildman–Crippen LogP) is 4.04. The average molecular weight is 520 g/mol. The van der Waals surface area contributed by atoms with Gasteiger partial charge in [-0.05, 0) is 38.5 Å². The molecule has 37 heavy (non-hydrogen) atoms. The number of aryl methyl sites for hydroxylation is 1. The number of amides is 1. The first kappa shape index (κ1) is 26.4. The zero-order chi connectivity index (χ0) is 27.0. The number of nitrogens with zero attached hydrogens (tertiary/aromatic N) is 5. The van der Waals surface area contributed by atoms with Gasteiger partial charge in [-0.3, -0.25) is 9.48 Å². The Labute approximate surface area is 211 Å². The minimum absolute atomic E-state index is 0.00994. The van der Waals surface area contributed by atoms with Crippen LogP contribution >= 0.6 is 0 Å². The molecule has 0 saturated carbocycles. The lowest BCUT2D eigenvalue weighted by atomic mass is 10.1. The lowest BCUT2D eigenvalue weighted by molar-refractivity contribution is -0.137. The van der Waals surface area contributed by atoms with E-state index < -0.39 is 35.6 Å². The van der Waals surface area contributed by atoms with E-state index >= 15 is 0 Å². The molecule has 1 aliphatic rings. The van der Waals surface area contributed by atoms with Gasteiger partial charge in [0.15, 0.2) is 0 Å². The van der Waals surface area contributed by atoms with Crippen molar-refractivity contribution < 1.29 is 27.4 Å². The highest BCUT2D eigenvalue weighted by Crippen LogP contribution is 2.30. The smallest absolute Gasteiger partial charge is 0.416 e. The molecular weight excluding hydrogens is 491 g/mol. The lowest BCUT2D eigenvalue weighted by Gasteiger charge is -2.24. The maximum atomic E-state index is 13.0. The summed E-state index contributed by atoms with van der Waals surface area (Å²) in [5.74, 6) is 0. The van der Waals surface area contributed by atoms with Crippen LogP contribution in [0, 0.1) is 0 Å². The van der Waals surface area contributed by atoms with Gasteiger partial charge in [0, 0.05) is 37.0 Å². The van der Waals surface area contributed by atoms with Crippen molar-refractivity contribution in [1.29, 1.82) is 0 Å². The molecule has 0 aliphatic carbocycles. The molecule has 0 radical (unpaired) electrons. The fraction of sp³-hybridized carbons (Fsp3) is 0.440. The molecule has 1 aromatic carbocycles. The predicted molar refractivity (Wildman–Crippen MR) is 128 cm³/mol. The van der Waals surface area contributed by atoms with Gasteiger partial charge < -0.3 is 14.4 Å². The van der Waals surface area contributed by atoms with Crippen molar-refractivity contribution in [1.82, 2.24) is 24.5 Å². The Morgan fingerprint density at radius 3 is 2.30 bits per heavy atom. The molecular formula is C25H28F3N5O4. The van der Waals surface area contributed by atoms with Gasteiger partial charge in [0.05, 0.1) is 37.2 Å². The molecule has 2 aromatic heterocycles. The molecule has 198 valence electrons. The normalized spacial score (nSPS) is 18.3. The molecule has 12 heteroatoms. The third-order valence-corrected chi connectivity index (χ3v) is 5.81. The summed E-state index contributed by atoms with van der Waals surface area (Å²) in [6.45, 7) is 5.48. The number of rotatable bonds is 5. The van der Waals surface area contributed by atoms with Gasteiger partial charge in [0.25, 0.3) is 5.56 Å². The Morgan fingerprint density at radius 2 is 1.73 bits per heavy atom. The first-order valence-electron chi connectivity index (χ1n) is 11.6. The zero-order valence-corrected chi connectivity index (χ0v) is 20.9. The van der Waals surface area contributed by atoms with Gasteiger partial charge in [-0.15, -0.1) is 0 Å². The molecule has 0 bridgehead atoms. The van der Waals surface area contributed by atoms with Gasteiger partial charge in [-0.25, -0.2) is 9.48 Å². The number of aromatic nitrogens is 4. The van der Waals surface area contributed by atoms with E-state index in [4.69, 9.17) is 9.47 Å². The van der Waals surface area contributed by atoms with Crippen molar-refractivity contribution in [2.75, 3.05) is 13.1 Å². The number of hydrogen-bond donors (Lipinski definition) is 0. The van der Waals surface area contributed by atoms with E-state index in [9.17, 15) is 22.8 Å². The summed E-state index contributed by atoms with van der Waals surface area (Å²) in [7, 11) is 1.76. The maximum absolute atomic E-state index is 13.0. The van der Waals surface area contributed by atoms with Crippen LogP contribution in [0.3, 0.4) is 0 Å². The van der Waals surface area contributed by atoms with Gasteiger partial charge >= 0.3 is 12.3 Å². The van der Waals surface area contributed by atoms with E-state index in [1.54, 1.807) is 51.1 Å². The number of benzene rings is 1. The van der Waals surface area contributed by atoms with Crippen LogP contribution in [0.5, 0.6) is 0 Å². The van der Waals surface area contributed by atoms with Gasteiger partial charge in [-0.2, -0.15) is 23.4 Å². The first-order chi connectivity index (χ1) is 17.3. The van der Waals surface area contributed by atoms with Crippen molar-refractivity contribution in [2.45, 2.75) is 51.3 Å². The van der Waals surface area contributed by atoms with Gasteiger partial charge in [0.1, 0.15) is 11.6 Å². The van der Waals surface area contributed by atoms with E-state index in [0.717, 1.165) is 17.7 Å². The second-order valence-electron chi connectivity index (χ2n) is 9.93. The number of likely N-dealkylation sites (tertiary alicyclic amines) is 1. The zero-order valence-electron chi connectivity index (χ0n) is 20.9. The fourth-order valence-electron chi connectivity index (χ4n) is 4.02. The largest absolute Gasteiger partial charge is 0.444 e. The van der Waals surface area contributed by atoms with E-state index in [1.807, 2.05) is 0 Å². The van der Waals surface area contributed by atoms with Crippen molar-refractivity contribution >= 4 is 6.09 Å². The molecule has 0 N–H and O–H groups in total. The van der Waals surface area contributed by atoms with E-state index in [0.29, 0.717) is 11.1 Å². The molecule has 1 saturated heterocycles. The van der Waals surface area contributed by atoms with E-state index in [1.165, 1.54) is 27.8 Å². The summed E-state index contributed by atoms with van der Waals surface area (Å²) in [6.07, 6.45) is -0.713. The summed E-state index contributed by atoms with van der Waals surface area (Å²) in [5.41, 5.74) is -0.00727. The lowest BCUT2D eigenvalue weighted by Crippen LogP contribution is -2.36. The third kappa shape index (κ3) is 6.37. The number of alkyl halides is 3. The second-order valence-corrected chi connectivity index (χ2v) is 9.93. The molecule has 1 aliphatic heterocycles. The van der Waals surface area contributed by atoms with Crippen LogP contribution in [0.15, 0.2) is 53.7 Å². The minimum Gasteiger partial charge on any atom is -0.444 e. The highest BCUT2D eigenvalue weighted by molar-refractivity contribution is 5.68. The number of ether oxygens (including phenoxy) is 2. The molecule has 4 rings (SSSR count). The second kappa shape index (κ2) is 10.0. The van der Waals surface area contributed by atoms with Crippen molar-refractivity contribution in [3.05, 3.63) is 70.4 Å². The molecule has 2 atom stereocenters. The summed E-state index contributed by atoms with van der Waals surface area (Å²) < 4.78 is 53.0. The molecule has 1 fully saturated rings. The summed E-state index contributed by atoms with van der Waals surface area (Å²) in [4.78, 5) is 27.2. The molecule has 0 spiro atoms. The van der Waals surface area contributed by atoms with Crippen LogP contribution in [-0.4, -0.2) is 55.3 Å². The van der Waals surface area contributed by atoms with Crippen molar-refractivity contribution in [2.24, 2.45) is 7.05 Å². The molecule has 3 heterocycles. The molecule has 1 amide bonds. The van der Waals surface area contributed by atoms with Crippen LogP contribution in [0.25, 0.3) is 11.1 Å². The minimum atomic E-state index is -4.43. The van der Waals surface area contributed by atoms with Crippen molar-refractivity contribution in [3.8, 4) is 11.1 Å². The SMILES string of the molecule is Cn1cc(-c2cnn(C3CN(C(=O)OC(C)(C)C)C[C@H]3OCc3ccc(C(F)(F)F)cc3)c(=O)c2)cn1. The maximum Gasteiger partial charge on any atom is 0.416 e. The highest BCUT2D eigenvalue weighted by atomic mass is 19.4. The molecule has 1 unspecified atom stereocenters. The van der Waals surface area contributed by atoms with E-state index in [2.05, 4.69) is 10.2 Å². The average Bonchev–Trinajstić information content (AvgIpc) is 3.43. The van der Waals surface area contributed by atoms with Crippen LogP contribution < -0.4 is 5.56 Å². The number of hydrogen-bond acceptors (Lipinski definition) is 6. The highest BCUT2D eigenvalue weighted by Gasteiger charge is 2.40. The molecule has 9 nitrogen and oxygen atoms in total. The standard InChI is InChI=1S/C25H28F3N5O4/c1-24(2,3)37-23(35)32-13-20(33-22(34)9-17(10-30-33)18-11-29-31(4)12-18)21(14-32)36-15-16-5-7-19(8-6-16)25(26,27)28/h5-12,20-21H,13-15H2,1-4H3/t20?,21-/m1/s1. The topological polar surface area (TPSA) is 91.5 Å². The van der Waals surface area contributed by atoms with E-state index in [-0.39, 0.29) is 25.3 Å². The Kier molecular flexibility index (Phi) is 7.13. The number of carbonyl (C=O) groups is 1. The first-order valence-corrected chi connectivity index (χ1v) is 11.6. The number of halogens is 3. The Balaban J connectivity index is 1.56. The van der Waals surface area contributed by atoms with Crippen LogP contribution in [0.4, 0.5) is 18.0 Å². The van der Waals surface area contributed by atoms with Crippen LogP contribution in [0.1, 0.15) is 37.9 Å². The fourth-order valence-corrected chi connectivity index (χ4v) is 4.02. The Morgan fingerprint density at radius 1 is 1.05 bits per heavy atom. The number of carbonyl (C=O) groups excluding carboxylic acids is 1. The Hall–Kier alpha value is -3.67. The molecule has 3 aromatic rings. The quantitative estimate of drug-likeness (QED) is 0.505. The summed E-state index contributed by atoms with van der Waals surface area (Å²) >= 11 is 0.